The van der Waals surface area contributed by atoms with Gasteiger partial charge in [-0.1, -0.05) is 35.3 Å². The highest BCUT2D eigenvalue weighted by Gasteiger charge is 2.21. The predicted octanol–water partition coefficient (Wildman–Crippen LogP) is 4.75. The molecule has 0 aliphatic rings. The molecule has 0 unspecified atom stereocenters. The number of sulfonamides is 1. The maximum absolute atomic E-state index is 12.5. The molecule has 0 saturated heterocycles. The van der Waals surface area contributed by atoms with Crippen molar-refractivity contribution in [3.8, 4) is 0 Å². The molecule has 0 saturated carbocycles. The molecule has 7 heteroatoms. The van der Waals surface area contributed by atoms with E-state index in [1.165, 1.54) is 12.1 Å². The van der Waals surface area contributed by atoms with Gasteiger partial charge in [0.2, 0.25) is 10.0 Å². The lowest BCUT2D eigenvalue weighted by Crippen LogP contribution is -2.27. The molecule has 0 spiro atoms. The third-order valence-corrected chi connectivity index (χ3v) is 6.13. The van der Waals surface area contributed by atoms with Crippen LogP contribution in [0.4, 0.5) is 0 Å². The molecular weight excluding hydrogens is 361 g/mol. The van der Waals surface area contributed by atoms with Crippen molar-refractivity contribution < 1.29 is 8.42 Å². The quantitative estimate of drug-likeness (QED) is 0.766. The second-order valence-corrected chi connectivity index (χ2v) is 8.10. The summed E-state index contributed by atoms with van der Waals surface area (Å²) in [4.78, 5) is 1.10. The summed E-state index contributed by atoms with van der Waals surface area (Å²) in [6, 6.07) is 11.7. The summed E-state index contributed by atoms with van der Waals surface area (Å²) in [5, 5.41) is 0.462. The van der Waals surface area contributed by atoms with Gasteiger partial charge in [-0.15, -0.1) is 11.8 Å². The van der Waals surface area contributed by atoms with Crippen LogP contribution in [0.3, 0.4) is 0 Å². The van der Waals surface area contributed by atoms with E-state index in [0.29, 0.717) is 5.02 Å². The molecule has 22 heavy (non-hydrogen) atoms. The molecule has 3 nitrogen and oxygen atoms in total. The average molecular weight is 376 g/mol. The van der Waals surface area contributed by atoms with E-state index >= 15 is 0 Å². The molecular formula is C15H15Cl2NO2S2. The molecule has 0 aliphatic carbocycles. The van der Waals surface area contributed by atoms with Gasteiger partial charge in [0.15, 0.2) is 0 Å². The lowest BCUT2D eigenvalue weighted by Gasteiger charge is -2.16. The summed E-state index contributed by atoms with van der Waals surface area (Å²) in [6.45, 7) is 1.78. The van der Waals surface area contributed by atoms with Crippen LogP contribution in [0.1, 0.15) is 18.5 Å². The highest BCUT2D eigenvalue weighted by Crippen LogP contribution is 2.27. The Kier molecular flexibility index (Phi) is 5.80. The monoisotopic (exact) mass is 375 g/mol. The van der Waals surface area contributed by atoms with E-state index < -0.39 is 10.0 Å². The molecule has 0 radical (unpaired) electrons. The lowest BCUT2D eigenvalue weighted by atomic mass is 10.1. The van der Waals surface area contributed by atoms with Gasteiger partial charge in [0, 0.05) is 16.0 Å². The molecule has 0 aliphatic heterocycles. The van der Waals surface area contributed by atoms with Gasteiger partial charge in [-0.05, 0) is 49.1 Å². The maximum atomic E-state index is 12.5. The number of thioether (sulfide) groups is 1. The Hall–Kier alpha value is -0.720. The van der Waals surface area contributed by atoms with E-state index in [1.807, 2.05) is 30.5 Å². The van der Waals surface area contributed by atoms with Gasteiger partial charge in [0.1, 0.15) is 4.90 Å². The third-order valence-electron chi connectivity index (χ3n) is 3.13. The minimum Gasteiger partial charge on any atom is -0.207 e. The third kappa shape index (κ3) is 4.18. The molecule has 0 bridgehead atoms. The van der Waals surface area contributed by atoms with Crippen LogP contribution in [-0.2, 0) is 10.0 Å². The molecule has 0 aromatic heterocycles. The Morgan fingerprint density at radius 2 is 1.73 bits per heavy atom. The predicted molar refractivity (Wildman–Crippen MR) is 93.4 cm³/mol. The maximum Gasteiger partial charge on any atom is 0.242 e. The van der Waals surface area contributed by atoms with Crippen LogP contribution in [-0.4, -0.2) is 14.7 Å². The fourth-order valence-corrected chi connectivity index (χ4v) is 4.34. The SMILES string of the molecule is CSc1ccc([C@@H](C)NS(=O)(=O)c2cc(Cl)ccc2Cl)cc1. The van der Waals surface area contributed by atoms with Crippen molar-refractivity contribution in [2.75, 3.05) is 6.26 Å². The molecule has 1 N–H and O–H groups in total. The van der Waals surface area contributed by atoms with Crippen LogP contribution < -0.4 is 4.72 Å². The largest absolute Gasteiger partial charge is 0.242 e. The molecule has 1 atom stereocenters. The summed E-state index contributed by atoms with van der Waals surface area (Å²) in [7, 11) is -3.75. The molecule has 0 amide bonds. The summed E-state index contributed by atoms with van der Waals surface area (Å²) in [6.07, 6.45) is 1.99. The average Bonchev–Trinajstić information content (AvgIpc) is 2.49. The summed E-state index contributed by atoms with van der Waals surface area (Å²) in [5.74, 6) is 0. The Labute approximate surface area is 145 Å². The van der Waals surface area contributed by atoms with E-state index in [0.717, 1.165) is 10.5 Å². The van der Waals surface area contributed by atoms with Crippen LogP contribution in [0.15, 0.2) is 52.3 Å². The number of hydrogen-bond donors (Lipinski definition) is 1. The van der Waals surface area contributed by atoms with Gasteiger partial charge in [0.05, 0.1) is 5.02 Å². The first kappa shape index (κ1) is 17.6. The van der Waals surface area contributed by atoms with Crippen LogP contribution >= 0.6 is 35.0 Å². The standard InChI is InChI=1S/C15H15Cl2NO2S2/c1-10(11-3-6-13(21-2)7-4-11)18-22(19,20)15-9-12(16)5-8-14(15)17/h3-10,18H,1-2H3/t10-/m1/s1. The molecule has 118 valence electrons. The van der Waals surface area contributed by atoms with Crippen molar-refractivity contribution in [3.05, 3.63) is 58.1 Å². The van der Waals surface area contributed by atoms with Gasteiger partial charge in [-0.2, -0.15) is 0 Å². The zero-order valence-corrected chi connectivity index (χ0v) is 15.2. The fraction of sp³-hybridized carbons (Fsp3) is 0.200. The van der Waals surface area contributed by atoms with Crippen molar-refractivity contribution in [2.24, 2.45) is 0 Å². The molecule has 2 rings (SSSR count). The number of halogens is 2. The van der Waals surface area contributed by atoms with E-state index in [-0.39, 0.29) is 16.0 Å². The van der Waals surface area contributed by atoms with E-state index in [4.69, 9.17) is 23.2 Å². The number of hydrogen-bond acceptors (Lipinski definition) is 3. The highest BCUT2D eigenvalue weighted by atomic mass is 35.5. The van der Waals surface area contributed by atoms with Crippen molar-refractivity contribution >= 4 is 45.0 Å². The number of rotatable bonds is 5. The van der Waals surface area contributed by atoms with Crippen molar-refractivity contribution in [1.82, 2.24) is 4.72 Å². The Bertz CT molecular complexity index is 762. The van der Waals surface area contributed by atoms with Gasteiger partial charge in [-0.25, -0.2) is 13.1 Å². The summed E-state index contributed by atoms with van der Waals surface area (Å²) >= 11 is 13.5. The second kappa shape index (κ2) is 7.23. The Morgan fingerprint density at radius 3 is 2.32 bits per heavy atom. The minimum atomic E-state index is -3.75. The zero-order chi connectivity index (χ0) is 16.3. The number of nitrogens with one attached hydrogen (secondary N) is 1. The minimum absolute atomic E-state index is 0.0192. The Morgan fingerprint density at radius 1 is 1.09 bits per heavy atom. The first-order chi connectivity index (χ1) is 10.3. The number of benzene rings is 2. The van der Waals surface area contributed by atoms with E-state index in [1.54, 1.807) is 24.8 Å². The second-order valence-electron chi connectivity index (χ2n) is 4.69. The normalized spacial score (nSPS) is 13.1. The van der Waals surface area contributed by atoms with Crippen LogP contribution in [0.25, 0.3) is 0 Å². The molecule has 2 aromatic rings. The molecule has 0 fully saturated rings. The van der Waals surface area contributed by atoms with Gasteiger partial charge >= 0.3 is 0 Å². The smallest absolute Gasteiger partial charge is 0.207 e. The van der Waals surface area contributed by atoms with Crippen LogP contribution in [0.5, 0.6) is 0 Å². The molecule has 2 aromatic carbocycles. The highest BCUT2D eigenvalue weighted by molar-refractivity contribution is 7.98. The summed E-state index contributed by atoms with van der Waals surface area (Å²) < 4.78 is 27.5. The summed E-state index contributed by atoms with van der Waals surface area (Å²) in [5.41, 5.74) is 0.875. The van der Waals surface area contributed by atoms with Crippen LogP contribution in [0, 0.1) is 0 Å². The van der Waals surface area contributed by atoms with Gasteiger partial charge in [0.25, 0.3) is 0 Å². The van der Waals surface area contributed by atoms with E-state index in [2.05, 4.69) is 4.72 Å². The van der Waals surface area contributed by atoms with Crippen molar-refractivity contribution in [2.45, 2.75) is 22.8 Å². The van der Waals surface area contributed by atoms with Gasteiger partial charge < -0.3 is 0 Å². The topological polar surface area (TPSA) is 46.2 Å². The van der Waals surface area contributed by atoms with E-state index in [9.17, 15) is 8.42 Å². The first-order valence-electron chi connectivity index (χ1n) is 6.45. The zero-order valence-electron chi connectivity index (χ0n) is 12.0. The van der Waals surface area contributed by atoms with Crippen LogP contribution in [0.2, 0.25) is 10.0 Å². The van der Waals surface area contributed by atoms with Crippen molar-refractivity contribution in [3.63, 3.8) is 0 Å². The first-order valence-corrected chi connectivity index (χ1v) is 9.91. The molecule has 0 heterocycles. The lowest BCUT2D eigenvalue weighted by molar-refractivity contribution is 0.567. The fourth-order valence-electron chi connectivity index (χ4n) is 1.94. The van der Waals surface area contributed by atoms with Crippen molar-refractivity contribution in [1.29, 1.82) is 0 Å². The van der Waals surface area contributed by atoms with Gasteiger partial charge in [-0.3, -0.25) is 0 Å². The Balaban J connectivity index is 2.25.